The Morgan fingerprint density at radius 2 is 1.85 bits per heavy atom. The molecule has 0 spiro atoms. The van der Waals surface area contributed by atoms with Gasteiger partial charge in [0.25, 0.3) is 0 Å². The molecule has 1 unspecified atom stereocenters. The Bertz CT molecular complexity index is 763. The second-order valence-corrected chi connectivity index (χ2v) is 5.36. The van der Waals surface area contributed by atoms with E-state index in [2.05, 4.69) is 11.1 Å². The number of nitrogens with zero attached hydrogens (tertiary/aromatic N) is 1. The molecular weight excluding hydrogens is 268 g/mol. The van der Waals surface area contributed by atoms with Crippen LogP contribution in [-0.4, -0.2) is 4.98 Å². The van der Waals surface area contributed by atoms with Crippen molar-refractivity contribution < 1.29 is 0 Å². The van der Waals surface area contributed by atoms with Gasteiger partial charge in [0.15, 0.2) is 0 Å². The first-order valence-corrected chi connectivity index (χ1v) is 6.89. The molecule has 1 heterocycles. The average molecular weight is 283 g/mol. The number of hydrogen-bond donors (Lipinski definition) is 1. The van der Waals surface area contributed by atoms with Crippen LogP contribution in [0.5, 0.6) is 0 Å². The van der Waals surface area contributed by atoms with E-state index >= 15 is 0 Å². The van der Waals surface area contributed by atoms with Crippen molar-refractivity contribution in [3.05, 3.63) is 76.6 Å². The molecule has 0 aliphatic rings. The van der Waals surface area contributed by atoms with Crippen molar-refractivity contribution in [2.45, 2.75) is 13.0 Å². The molecule has 1 atom stereocenters. The Hall–Kier alpha value is -1.90. The number of hydrogen-bond acceptors (Lipinski definition) is 2. The van der Waals surface area contributed by atoms with E-state index in [1.165, 1.54) is 0 Å². The molecule has 2 N–H and O–H groups in total. The summed E-state index contributed by atoms with van der Waals surface area (Å²) in [4.78, 5) is 4.28. The zero-order valence-electron chi connectivity index (χ0n) is 11.2. The summed E-state index contributed by atoms with van der Waals surface area (Å²) in [5.41, 5.74) is 9.46. The summed E-state index contributed by atoms with van der Waals surface area (Å²) in [5.74, 6) is 0. The van der Waals surface area contributed by atoms with E-state index in [9.17, 15) is 0 Å². The monoisotopic (exact) mass is 282 g/mol. The number of aryl methyl sites for hydroxylation is 1. The smallest absolute Gasteiger partial charge is 0.0587 e. The van der Waals surface area contributed by atoms with Crippen LogP contribution in [0.4, 0.5) is 0 Å². The predicted octanol–water partition coefficient (Wildman–Crippen LogP) is 4.24. The zero-order chi connectivity index (χ0) is 14.1. The van der Waals surface area contributed by atoms with Gasteiger partial charge in [-0.2, -0.15) is 0 Å². The summed E-state index contributed by atoms with van der Waals surface area (Å²) >= 11 is 6.33. The molecular formula is C17H15ClN2. The normalized spacial score (nSPS) is 12.6. The molecule has 1 aromatic heterocycles. The molecule has 0 amide bonds. The number of fused-ring (bicyclic) bond motifs is 1. The van der Waals surface area contributed by atoms with Crippen LogP contribution in [0.2, 0.25) is 5.02 Å². The van der Waals surface area contributed by atoms with Crippen molar-refractivity contribution in [3.8, 4) is 0 Å². The summed E-state index contributed by atoms with van der Waals surface area (Å²) in [6.45, 7) is 2.01. The van der Waals surface area contributed by atoms with Gasteiger partial charge in [0.05, 0.1) is 6.04 Å². The quantitative estimate of drug-likeness (QED) is 0.763. The largest absolute Gasteiger partial charge is 0.320 e. The third-order valence-electron chi connectivity index (χ3n) is 3.53. The molecule has 0 bridgehead atoms. The van der Waals surface area contributed by atoms with E-state index < -0.39 is 0 Å². The van der Waals surface area contributed by atoms with E-state index in [0.29, 0.717) is 5.02 Å². The summed E-state index contributed by atoms with van der Waals surface area (Å²) in [6, 6.07) is 13.8. The van der Waals surface area contributed by atoms with E-state index in [1.54, 1.807) is 0 Å². The molecule has 2 aromatic carbocycles. The fraction of sp³-hybridized carbons (Fsp3) is 0.118. The van der Waals surface area contributed by atoms with Crippen molar-refractivity contribution in [2.24, 2.45) is 5.73 Å². The Morgan fingerprint density at radius 1 is 1.05 bits per heavy atom. The molecule has 0 saturated carbocycles. The van der Waals surface area contributed by atoms with E-state index in [0.717, 1.165) is 27.5 Å². The average Bonchev–Trinajstić information content (AvgIpc) is 2.46. The third kappa shape index (κ3) is 2.28. The molecule has 2 nitrogen and oxygen atoms in total. The maximum Gasteiger partial charge on any atom is 0.0587 e. The predicted molar refractivity (Wildman–Crippen MR) is 84.0 cm³/mol. The lowest BCUT2D eigenvalue weighted by molar-refractivity contribution is 0.873. The van der Waals surface area contributed by atoms with Crippen molar-refractivity contribution in [2.75, 3.05) is 0 Å². The van der Waals surface area contributed by atoms with Gasteiger partial charge in [0, 0.05) is 22.8 Å². The second kappa shape index (κ2) is 5.23. The Balaban J connectivity index is 2.15. The first kappa shape index (κ1) is 13.1. The van der Waals surface area contributed by atoms with Gasteiger partial charge in [-0.05, 0) is 35.1 Å². The van der Waals surface area contributed by atoms with Crippen molar-refractivity contribution in [1.82, 2.24) is 4.98 Å². The van der Waals surface area contributed by atoms with Crippen LogP contribution in [0.15, 0.2) is 54.9 Å². The fourth-order valence-corrected chi connectivity index (χ4v) is 2.79. The Kier molecular flexibility index (Phi) is 3.43. The van der Waals surface area contributed by atoms with Gasteiger partial charge in [-0.3, -0.25) is 4.98 Å². The van der Waals surface area contributed by atoms with Crippen molar-refractivity contribution >= 4 is 22.4 Å². The zero-order valence-corrected chi connectivity index (χ0v) is 11.9. The second-order valence-electron chi connectivity index (χ2n) is 4.95. The minimum absolute atomic E-state index is 0.276. The van der Waals surface area contributed by atoms with Gasteiger partial charge in [0.1, 0.15) is 0 Å². The number of nitrogens with two attached hydrogens (primary N) is 1. The van der Waals surface area contributed by atoms with Crippen LogP contribution in [-0.2, 0) is 0 Å². The van der Waals surface area contributed by atoms with Crippen LogP contribution in [0.1, 0.15) is 22.7 Å². The van der Waals surface area contributed by atoms with Crippen LogP contribution in [0, 0.1) is 6.92 Å². The first-order valence-electron chi connectivity index (χ1n) is 6.51. The summed E-state index contributed by atoms with van der Waals surface area (Å²) in [6.07, 6.45) is 3.67. The van der Waals surface area contributed by atoms with Crippen LogP contribution in [0.3, 0.4) is 0 Å². The highest BCUT2D eigenvalue weighted by Crippen LogP contribution is 2.30. The van der Waals surface area contributed by atoms with Gasteiger partial charge in [-0.25, -0.2) is 0 Å². The van der Waals surface area contributed by atoms with Gasteiger partial charge in [-0.1, -0.05) is 48.0 Å². The van der Waals surface area contributed by atoms with E-state index in [1.807, 2.05) is 55.7 Å². The van der Waals surface area contributed by atoms with Crippen LogP contribution < -0.4 is 5.73 Å². The van der Waals surface area contributed by atoms with Crippen molar-refractivity contribution in [1.29, 1.82) is 0 Å². The molecule has 0 aliphatic carbocycles. The number of aromatic nitrogens is 1. The van der Waals surface area contributed by atoms with Crippen LogP contribution in [0.25, 0.3) is 10.8 Å². The molecule has 3 heteroatoms. The lowest BCUT2D eigenvalue weighted by atomic mass is 9.96. The molecule has 0 aliphatic heterocycles. The summed E-state index contributed by atoms with van der Waals surface area (Å²) in [7, 11) is 0. The molecule has 20 heavy (non-hydrogen) atoms. The topological polar surface area (TPSA) is 38.9 Å². The number of halogens is 1. The molecule has 0 saturated heterocycles. The minimum Gasteiger partial charge on any atom is -0.320 e. The summed E-state index contributed by atoms with van der Waals surface area (Å²) < 4.78 is 0. The highest BCUT2D eigenvalue weighted by atomic mass is 35.5. The maximum atomic E-state index is 6.41. The Morgan fingerprint density at radius 3 is 2.65 bits per heavy atom. The minimum atomic E-state index is -0.276. The third-order valence-corrected chi connectivity index (χ3v) is 3.85. The number of benzene rings is 2. The first-order chi connectivity index (χ1) is 9.66. The summed E-state index contributed by atoms with van der Waals surface area (Å²) in [5, 5.41) is 2.90. The van der Waals surface area contributed by atoms with Gasteiger partial charge in [0.2, 0.25) is 0 Å². The molecule has 100 valence electrons. The molecule has 3 rings (SSSR count). The molecule has 0 fully saturated rings. The Labute approximate surface area is 123 Å². The number of pyridine rings is 1. The number of rotatable bonds is 2. The molecule has 0 radical (unpaired) electrons. The highest BCUT2D eigenvalue weighted by Gasteiger charge is 2.15. The maximum absolute atomic E-state index is 6.41. The van der Waals surface area contributed by atoms with Crippen molar-refractivity contribution in [3.63, 3.8) is 0 Å². The lowest BCUT2D eigenvalue weighted by Gasteiger charge is -2.16. The highest BCUT2D eigenvalue weighted by molar-refractivity contribution is 6.31. The standard InChI is InChI=1S/C17H15ClN2/c1-11-6-7-14(16(18)8-11)17(19)15-10-20-9-12-4-2-3-5-13(12)15/h2-10,17H,19H2,1H3. The molecule has 3 aromatic rings. The van der Waals surface area contributed by atoms with Gasteiger partial charge < -0.3 is 5.73 Å². The van der Waals surface area contributed by atoms with E-state index in [-0.39, 0.29) is 6.04 Å². The van der Waals surface area contributed by atoms with Gasteiger partial charge >= 0.3 is 0 Å². The fourth-order valence-electron chi connectivity index (χ4n) is 2.44. The SMILES string of the molecule is Cc1ccc(C(N)c2cncc3ccccc23)c(Cl)c1. The van der Waals surface area contributed by atoms with Crippen LogP contribution >= 0.6 is 11.6 Å². The lowest BCUT2D eigenvalue weighted by Crippen LogP contribution is -2.13. The van der Waals surface area contributed by atoms with Gasteiger partial charge in [-0.15, -0.1) is 0 Å². The van der Waals surface area contributed by atoms with E-state index in [4.69, 9.17) is 17.3 Å².